The number of carboxylic acids is 1. The van der Waals surface area contributed by atoms with Crippen LogP contribution in [0.5, 0.6) is 5.75 Å². The molecule has 0 saturated carbocycles. The molecule has 2 heterocycles. The Morgan fingerprint density at radius 3 is 2.78 bits per heavy atom. The molecule has 1 aliphatic carbocycles. The fourth-order valence-electron chi connectivity index (χ4n) is 3.06. The summed E-state index contributed by atoms with van der Waals surface area (Å²) in [6, 6.07) is 5.84. The molecule has 5 nitrogen and oxygen atoms in total. The van der Waals surface area contributed by atoms with Crippen LogP contribution in [0.4, 0.5) is 13.2 Å². The summed E-state index contributed by atoms with van der Waals surface area (Å²) in [6.07, 6.45) is 0.906. The van der Waals surface area contributed by atoms with Crippen molar-refractivity contribution in [2.24, 2.45) is 0 Å². The highest BCUT2D eigenvalue weighted by molar-refractivity contribution is 5.90. The number of halogens is 3. The van der Waals surface area contributed by atoms with Gasteiger partial charge in [0.05, 0.1) is 0 Å². The summed E-state index contributed by atoms with van der Waals surface area (Å²) >= 11 is 0. The van der Waals surface area contributed by atoms with Crippen molar-refractivity contribution < 1.29 is 36.6 Å². The van der Waals surface area contributed by atoms with Crippen LogP contribution in [-0.2, 0) is 19.2 Å². The zero-order valence-corrected chi connectivity index (χ0v) is 13.8. The first-order valence-electron chi connectivity index (χ1n) is 8.11. The lowest BCUT2D eigenvalue weighted by molar-refractivity contribution is -0.154. The SMILES string of the molecule is O=C(O)c1cc(COc2ccc3c4c(oc3c2)CCC=C4)c(C(F)(F)F)o1. The molecule has 0 aliphatic heterocycles. The predicted molar refractivity (Wildman–Crippen MR) is 88.6 cm³/mol. The minimum atomic E-state index is -4.82. The van der Waals surface area contributed by atoms with E-state index in [1.165, 1.54) is 0 Å². The van der Waals surface area contributed by atoms with Crippen LogP contribution in [0.1, 0.15) is 39.6 Å². The van der Waals surface area contributed by atoms with Crippen molar-refractivity contribution in [1.29, 1.82) is 0 Å². The van der Waals surface area contributed by atoms with Crippen LogP contribution < -0.4 is 4.74 Å². The van der Waals surface area contributed by atoms with Gasteiger partial charge in [-0.05, 0) is 24.6 Å². The maximum atomic E-state index is 13.0. The molecule has 1 aliphatic rings. The Morgan fingerprint density at radius 1 is 1.22 bits per heavy atom. The van der Waals surface area contributed by atoms with E-state index in [9.17, 15) is 18.0 Å². The minimum absolute atomic E-state index is 0.309. The number of aromatic carboxylic acids is 1. The van der Waals surface area contributed by atoms with Gasteiger partial charge in [0.15, 0.2) is 0 Å². The van der Waals surface area contributed by atoms with Gasteiger partial charge in [-0.25, -0.2) is 4.79 Å². The summed E-state index contributed by atoms with van der Waals surface area (Å²) in [4.78, 5) is 10.9. The van der Waals surface area contributed by atoms with Crippen LogP contribution >= 0.6 is 0 Å². The van der Waals surface area contributed by atoms with Crippen molar-refractivity contribution in [3.05, 3.63) is 58.7 Å². The third kappa shape index (κ3) is 3.18. The molecule has 0 radical (unpaired) electrons. The van der Waals surface area contributed by atoms with Crippen LogP contribution in [0.3, 0.4) is 0 Å². The van der Waals surface area contributed by atoms with Gasteiger partial charge < -0.3 is 18.7 Å². The summed E-state index contributed by atoms with van der Waals surface area (Å²) in [7, 11) is 0. The highest BCUT2D eigenvalue weighted by Crippen LogP contribution is 2.36. The third-order valence-electron chi connectivity index (χ3n) is 4.27. The first kappa shape index (κ1) is 17.3. The number of rotatable bonds is 4. The van der Waals surface area contributed by atoms with E-state index in [2.05, 4.69) is 10.5 Å². The second-order valence-electron chi connectivity index (χ2n) is 6.09. The van der Waals surface area contributed by atoms with E-state index in [0.29, 0.717) is 11.3 Å². The molecule has 4 rings (SSSR count). The predicted octanol–water partition coefficient (Wildman–Crippen LogP) is 5.28. The number of ether oxygens (including phenoxy) is 1. The fraction of sp³-hybridized carbons (Fsp3) is 0.211. The number of carbonyl (C=O) groups is 1. The van der Waals surface area contributed by atoms with E-state index in [4.69, 9.17) is 14.3 Å². The lowest BCUT2D eigenvalue weighted by atomic mass is 10.0. The van der Waals surface area contributed by atoms with Crippen molar-refractivity contribution in [3.8, 4) is 5.75 Å². The molecule has 1 N–H and O–H groups in total. The maximum Gasteiger partial charge on any atom is 0.449 e. The van der Waals surface area contributed by atoms with Gasteiger partial charge in [0.2, 0.25) is 11.5 Å². The van der Waals surface area contributed by atoms with Crippen molar-refractivity contribution in [2.45, 2.75) is 25.6 Å². The van der Waals surface area contributed by atoms with Gasteiger partial charge in [-0.2, -0.15) is 13.2 Å². The van der Waals surface area contributed by atoms with Crippen LogP contribution in [0, 0.1) is 0 Å². The zero-order chi connectivity index (χ0) is 19.2. The maximum absolute atomic E-state index is 13.0. The van der Waals surface area contributed by atoms with E-state index in [1.54, 1.807) is 18.2 Å². The molecule has 0 atom stereocenters. The van der Waals surface area contributed by atoms with Crippen LogP contribution in [0.25, 0.3) is 17.0 Å². The summed E-state index contributed by atoms with van der Waals surface area (Å²) in [6.45, 7) is -0.489. The molecule has 0 saturated heterocycles. The molecule has 0 unspecified atom stereocenters. The molecule has 3 aromatic rings. The lowest BCUT2D eigenvalue weighted by Gasteiger charge is -2.08. The van der Waals surface area contributed by atoms with E-state index in [-0.39, 0.29) is 5.56 Å². The Bertz CT molecular complexity index is 1060. The normalized spacial score (nSPS) is 13.7. The van der Waals surface area contributed by atoms with Crippen LogP contribution in [-0.4, -0.2) is 11.1 Å². The molecule has 0 spiro atoms. The molecule has 1 aromatic carbocycles. The van der Waals surface area contributed by atoms with Gasteiger partial charge in [-0.1, -0.05) is 12.2 Å². The first-order valence-corrected chi connectivity index (χ1v) is 8.11. The Morgan fingerprint density at radius 2 is 2.04 bits per heavy atom. The lowest BCUT2D eigenvalue weighted by Crippen LogP contribution is -2.08. The molecule has 0 bridgehead atoms. The number of hydrogen-bond donors (Lipinski definition) is 1. The number of allylic oxidation sites excluding steroid dienone is 1. The van der Waals surface area contributed by atoms with Gasteiger partial charge >= 0.3 is 12.1 Å². The number of furan rings is 2. The first-order chi connectivity index (χ1) is 12.8. The summed E-state index contributed by atoms with van der Waals surface area (Å²) in [5.41, 5.74) is 1.20. The van der Waals surface area contributed by atoms with Crippen molar-refractivity contribution in [1.82, 2.24) is 0 Å². The second kappa shape index (κ2) is 6.22. The average molecular weight is 378 g/mol. The Hall–Kier alpha value is -3.16. The van der Waals surface area contributed by atoms with Gasteiger partial charge in [-0.15, -0.1) is 0 Å². The fourth-order valence-corrected chi connectivity index (χ4v) is 3.06. The Balaban J connectivity index is 1.60. The number of fused-ring (bicyclic) bond motifs is 3. The average Bonchev–Trinajstić information content (AvgIpc) is 3.21. The Kier molecular flexibility index (Phi) is 3.98. The molecule has 0 amide bonds. The quantitative estimate of drug-likeness (QED) is 0.669. The number of hydrogen-bond acceptors (Lipinski definition) is 4. The minimum Gasteiger partial charge on any atom is -0.489 e. The number of alkyl halides is 3. The smallest absolute Gasteiger partial charge is 0.449 e. The van der Waals surface area contributed by atoms with E-state index in [1.807, 2.05) is 6.08 Å². The van der Waals surface area contributed by atoms with E-state index < -0.39 is 30.3 Å². The standard InChI is InChI=1S/C19H13F3O5/c20-19(21,22)17-10(7-16(27-17)18(23)24)9-25-11-5-6-13-12-3-1-2-4-14(12)26-15(13)8-11/h1,3,5-8H,2,4,9H2,(H,23,24). The monoisotopic (exact) mass is 378 g/mol. The number of carboxylic acid groups (broad SMARTS) is 1. The molecule has 0 fully saturated rings. The topological polar surface area (TPSA) is 72.8 Å². The van der Waals surface area contributed by atoms with Gasteiger partial charge in [0.1, 0.15) is 23.7 Å². The van der Waals surface area contributed by atoms with Gasteiger partial charge in [0.25, 0.3) is 0 Å². The molecule has 8 heteroatoms. The summed E-state index contributed by atoms with van der Waals surface area (Å²) < 4.78 is 54.7. The van der Waals surface area contributed by atoms with E-state index in [0.717, 1.165) is 35.6 Å². The third-order valence-corrected chi connectivity index (χ3v) is 4.27. The summed E-state index contributed by atoms with van der Waals surface area (Å²) in [5, 5.41) is 9.76. The molecule has 27 heavy (non-hydrogen) atoms. The molecule has 140 valence electrons. The van der Waals surface area contributed by atoms with Gasteiger partial charge in [-0.3, -0.25) is 0 Å². The highest BCUT2D eigenvalue weighted by Gasteiger charge is 2.39. The highest BCUT2D eigenvalue weighted by atomic mass is 19.4. The van der Waals surface area contributed by atoms with Crippen LogP contribution in [0.15, 0.2) is 39.2 Å². The largest absolute Gasteiger partial charge is 0.489 e. The number of aryl methyl sites for hydroxylation is 1. The molecule has 2 aromatic heterocycles. The van der Waals surface area contributed by atoms with E-state index >= 15 is 0 Å². The van der Waals surface area contributed by atoms with Gasteiger partial charge in [0, 0.05) is 29.0 Å². The summed E-state index contributed by atoms with van der Waals surface area (Å²) in [5.74, 6) is -2.57. The molecular weight excluding hydrogens is 365 g/mol. The van der Waals surface area contributed by atoms with Crippen molar-refractivity contribution >= 4 is 23.0 Å². The van der Waals surface area contributed by atoms with Crippen molar-refractivity contribution in [2.75, 3.05) is 0 Å². The van der Waals surface area contributed by atoms with Crippen molar-refractivity contribution in [3.63, 3.8) is 0 Å². The second-order valence-corrected chi connectivity index (χ2v) is 6.09. The zero-order valence-electron chi connectivity index (χ0n) is 13.8. The Labute approximate surface area is 150 Å². The molecular formula is C19H13F3O5. The number of benzene rings is 1. The van der Waals surface area contributed by atoms with Crippen LogP contribution in [0.2, 0.25) is 0 Å².